The highest BCUT2D eigenvalue weighted by atomic mass is 32.2. The van der Waals surface area contributed by atoms with E-state index in [-0.39, 0.29) is 15.1 Å². The first-order chi connectivity index (χ1) is 18.1. The van der Waals surface area contributed by atoms with Crippen molar-refractivity contribution in [1.82, 2.24) is 12.9 Å². The Bertz CT molecular complexity index is 1880. The zero-order chi connectivity index (χ0) is 28.9. The number of ether oxygens (including phenoxy) is 1. The second kappa shape index (κ2) is 9.62. The van der Waals surface area contributed by atoms with Gasteiger partial charge < -0.3 is 15.6 Å². The Kier molecular flexibility index (Phi) is 6.77. The standard InChI is InChI=1S/C22H19FN6O8S2/c1-11-4-2-3-5-13(11)14-6-7-28(38(25,33)34)19(14)22(32)37-17-9-15(12-8-16(23)20(24)27-10-12)18(21(30)31)29(17)39(26,35)36/h2-10H,1H3,(H2,24,27)(H,30,31)(H2,25,33,34)(H2,26,35,36). The summed E-state index contributed by atoms with van der Waals surface area (Å²) in [4.78, 5) is 29.1. The Balaban J connectivity index is 1.95. The minimum absolute atomic E-state index is 0.00546. The van der Waals surface area contributed by atoms with Crippen LogP contribution in [0.3, 0.4) is 0 Å². The minimum Gasteiger partial charge on any atom is -0.477 e. The number of esters is 1. The molecule has 0 aliphatic carbocycles. The maximum Gasteiger partial charge on any atom is 0.363 e. The molecule has 0 atom stereocenters. The van der Waals surface area contributed by atoms with E-state index in [9.17, 15) is 35.9 Å². The summed E-state index contributed by atoms with van der Waals surface area (Å²) < 4.78 is 69.1. The van der Waals surface area contributed by atoms with Gasteiger partial charge in [0.2, 0.25) is 5.88 Å². The number of hydrogen-bond donors (Lipinski definition) is 4. The van der Waals surface area contributed by atoms with E-state index in [2.05, 4.69) is 4.98 Å². The summed E-state index contributed by atoms with van der Waals surface area (Å²) in [6.45, 7) is 1.69. The van der Waals surface area contributed by atoms with Gasteiger partial charge in [-0.15, -0.1) is 0 Å². The van der Waals surface area contributed by atoms with Gasteiger partial charge in [-0.2, -0.15) is 20.8 Å². The number of rotatable bonds is 7. The van der Waals surface area contributed by atoms with Crippen LogP contribution in [0.25, 0.3) is 22.3 Å². The summed E-state index contributed by atoms with van der Waals surface area (Å²) in [6, 6.07) is 9.46. The molecule has 3 heterocycles. The average molecular weight is 579 g/mol. The number of nitrogens with two attached hydrogens (primary N) is 3. The number of carbonyl (C=O) groups excluding carboxylic acids is 1. The van der Waals surface area contributed by atoms with Crippen molar-refractivity contribution in [3.05, 3.63) is 77.6 Å². The van der Waals surface area contributed by atoms with Crippen molar-refractivity contribution in [3.63, 3.8) is 0 Å². The van der Waals surface area contributed by atoms with E-state index in [0.717, 1.165) is 24.5 Å². The van der Waals surface area contributed by atoms with E-state index in [4.69, 9.17) is 20.7 Å². The number of anilines is 1. The molecule has 7 N–H and O–H groups in total. The van der Waals surface area contributed by atoms with Crippen LogP contribution < -0.4 is 20.7 Å². The lowest BCUT2D eigenvalue weighted by molar-refractivity contribution is 0.0675. The topological polar surface area (TPSA) is 233 Å². The second-order valence-corrected chi connectivity index (χ2v) is 10.9. The molecule has 4 aromatic rings. The van der Waals surface area contributed by atoms with Crippen LogP contribution in [-0.2, 0) is 20.4 Å². The largest absolute Gasteiger partial charge is 0.477 e. The molecule has 0 saturated heterocycles. The predicted molar refractivity (Wildman–Crippen MR) is 136 cm³/mol. The molecule has 0 saturated carbocycles. The number of aromatic nitrogens is 3. The molecule has 0 unspecified atom stereocenters. The quantitative estimate of drug-likeness (QED) is 0.228. The maximum atomic E-state index is 14.1. The van der Waals surface area contributed by atoms with Crippen molar-refractivity contribution in [2.75, 3.05) is 5.73 Å². The fourth-order valence-corrected chi connectivity index (χ4v) is 5.30. The lowest BCUT2D eigenvalue weighted by atomic mass is 10.0. The maximum absolute atomic E-state index is 14.1. The Morgan fingerprint density at radius 1 is 0.974 bits per heavy atom. The van der Waals surface area contributed by atoms with Crippen LogP contribution >= 0.6 is 0 Å². The van der Waals surface area contributed by atoms with Gasteiger partial charge in [0.1, 0.15) is 0 Å². The number of halogens is 1. The summed E-state index contributed by atoms with van der Waals surface area (Å²) in [7, 11) is -9.53. The van der Waals surface area contributed by atoms with Crippen LogP contribution in [0.15, 0.2) is 54.9 Å². The zero-order valence-corrected chi connectivity index (χ0v) is 21.4. The number of nitrogen functional groups attached to an aromatic ring is 1. The van der Waals surface area contributed by atoms with E-state index >= 15 is 0 Å². The molecule has 17 heteroatoms. The van der Waals surface area contributed by atoms with Gasteiger partial charge in [0, 0.05) is 35.2 Å². The summed E-state index contributed by atoms with van der Waals surface area (Å²) in [6.07, 6.45) is 1.95. The van der Waals surface area contributed by atoms with Gasteiger partial charge in [-0.1, -0.05) is 24.3 Å². The van der Waals surface area contributed by atoms with Crippen LogP contribution in [0.5, 0.6) is 5.88 Å². The summed E-state index contributed by atoms with van der Waals surface area (Å²) in [5, 5.41) is 20.3. The van der Waals surface area contributed by atoms with E-state index in [1.807, 2.05) is 0 Å². The first-order valence-electron chi connectivity index (χ1n) is 10.6. The molecule has 0 amide bonds. The molecule has 0 spiro atoms. The van der Waals surface area contributed by atoms with Crippen molar-refractivity contribution in [2.45, 2.75) is 6.92 Å². The molecular weight excluding hydrogens is 559 g/mol. The highest BCUT2D eigenvalue weighted by Crippen LogP contribution is 2.35. The van der Waals surface area contributed by atoms with Gasteiger partial charge >= 0.3 is 32.4 Å². The summed E-state index contributed by atoms with van der Waals surface area (Å²) >= 11 is 0. The molecule has 1 aromatic carbocycles. The van der Waals surface area contributed by atoms with Gasteiger partial charge in [-0.3, -0.25) is 0 Å². The molecular formula is C22H19FN6O8S2. The molecule has 39 heavy (non-hydrogen) atoms. The lowest BCUT2D eigenvalue weighted by Gasteiger charge is -2.12. The van der Waals surface area contributed by atoms with E-state index in [1.165, 1.54) is 6.07 Å². The van der Waals surface area contributed by atoms with Gasteiger partial charge in [-0.05, 0) is 30.2 Å². The highest BCUT2D eigenvalue weighted by molar-refractivity contribution is 7.88. The van der Waals surface area contributed by atoms with Gasteiger partial charge in [0.15, 0.2) is 23.0 Å². The number of carbonyl (C=O) groups is 2. The molecule has 14 nitrogen and oxygen atoms in total. The second-order valence-electron chi connectivity index (χ2n) is 8.07. The third-order valence-corrected chi connectivity index (χ3v) is 7.24. The first kappa shape index (κ1) is 27.5. The molecule has 0 radical (unpaired) electrons. The number of aromatic carboxylic acids is 1. The van der Waals surface area contributed by atoms with Crippen molar-refractivity contribution in [1.29, 1.82) is 0 Å². The van der Waals surface area contributed by atoms with E-state index in [0.29, 0.717) is 15.1 Å². The molecule has 0 aliphatic heterocycles. The molecule has 0 bridgehead atoms. The van der Waals surface area contributed by atoms with E-state index in [1.54, 1.807) is 31.2 Å². The first-order valence-corrected chi connectivity index (χ1v) is 13.6. The van der Waals surface area contributed by atoms with Crippen molar-refractivity contribution >= 4 is 38.2 Å². The third-order valence-electron chi connectivity index (χ3n) is 5.52. The number of carboxylic acids is 1. The molecule has 4 rings (SSSR count). The number of hydrogen-bond acceptors (Lipinski definition) is 9. The SMILES string of the molecule is Cc1ccccc1-c1ccn(S(N)(=O)=O)c1C(=O)Oc1cc(-c2cnc(N)c(F)c2)c(C(=O)O)n1S(N)(=O)=O. The minimum atomic E-state index is -4.97. The molecule has 3 aromatic heterocycles. The monoisotopic (exact) mass is 578 g/mol. The fraction of sp³-hybridized carbons (Fsp3) is 0.0455. The summed E-state index contributed by atoms with van der Waals surface area (Å²) in [5.74, 6) is -5.77. The summed E-state index contributed by atoms with van der Waals surface area (Å²) in [5.41, 5.74) is 4.14. The number of nitrogens with zero attached hydrogens (tertiary/aromatic N) is 3. The van der Waals surface area contributed by atoms with Gasteiger partial charge in [0.25, 0.3) is 0 Å². The Morgan fingerprint density at radius 2 is 1.64 bits per heavy atom. The normalized spacial score (nSPS) is 11.9. The van der Waals surface area contributed by atoms with Crippen molar-refractivity contribution < 1.29 is 40.7 Å². The van der Waals surface area contributed by atoms with Crippen LogP contribution in [0.4, 0.5) is 10.2 Å². The van der Waals surface area contributed by atoms with Crippen molar-refractivity contribution in [3.8, 4) is 28.1 Å². The Hall–Kier alpha value is -4.58. The lowest BCUT2D eigenvalue weighted by Crippen LogP contribution is -2.29. The number of benzene rings is 1. The molecule has 204 valence electrons. The number of carboxylic acid groups (broad SMARTS) is 1. The van der Waals surface area contributed by atoms with Gasteiger partial charge in [-0.25, -0.2) is 33.2 Å². The van der Waals surface area contributed by atoms with Gasteiger partial charge in [0.05, 0.1) is 0 Å². The van der Waals surface area contributed by atoms with Crippen LogP contribution in [0.2, 0.25) is 0 Å². The average Bonchev–Trinajstić information content (AvgIpc) is 3.43. The fourth-order valence-electron chi connectivity index (χ4n) is 3.87. The smallest absolute Gasteiger partial charge is 0.363 e. The van der Waals surface area contributed by atoms with Crippen LogP contribution in [-0.4, -0.2) is 46.8 Å². The Labute approximate surface area is 220 Å². The highest BCUT2D eigenvalue weighted by Gasteiger charge is 2.32. The molecule has 0 fully saturated rings. The Morgan fingerprint density at radius 3 is 2.21 bits per heavy atom. The van der Waals surface area contributed by atoms with Crippen LogP contribution in [0, 0.1) is 12.7 Å². The zero-order valence-electron chi connectivity index (χ0n) is 19.8. The van der Waals surface area contributed by atoms with Crippen molar-refractivity contribution in [2.24, 2.45) is 10.3 Å². The number of aryl methyl sites for hydroxylation is 1. The van der Waals surface area contributed by atoms with Crippen LogP contribution in [0.1, 0.15) is 26.5 Å². The number of pyridine rings is 1. The third kappa shape index (κ3) is 5.10. The molecule has 0 aliphatic rings. The van der Waals surface area contributed by atoms with E-state index < -0.39 is 66.8 Å². The predicted octanol–water partition coefficient (Wildman–Crippen LogP) is 1.07.